The van der Waals surface area contributed by atoms with Crippen molar-refractivity contribution in [3.8, 4) is 0 Å². The molecule has 0 saturated carbocycles. The van der Waals surface area contributed by atoms with Gasteiger partial charge in [-0.15, -0.1) is 5.10 Å². The average Bonchev–Trinajstić information content (AvgIpc) is 2.97. The van der Waals surface area contributed by atoms with Crippen molar-refractivity contribution < 1.29 is 5.11 Å². The van der Waals surface area contributed by atoms with Crippen LogP contribution in [0.1, 0.15) is 11.5 Å². The minimum atomic E-state index is 0.0883. The maximum absolute atomic E-state index is 8.86. The number of aromatic nitrogens is 5. The van der Waals surface area contributed by atoms with Gasteiger partial charge in [0.25, 0.3) is 0 Å². The second-order valence-corrected chi connectivity index (χ2v) is 4.46. The van der Waals surface area contributed by atoms with Crippen molar-refractivity contribution in [2.45, 2.75) is 13.0 Å². The molecule has 0 amide bonds. The third-order valence-electron chi connectivity index (χ3n) is 3.14. The summed E-state index contributed by atoms with van der Waals surface area (Å²) >= 11 is 0. The zero-order valence-electron chi connectivity index (χ0n) is 10.7. The van der Waals surface area contributed by atoms with E-state index in [1.165, 1.54) is 0 Å². The predicted molar refractivity (Wildman–Crippen MR) is 70.6 cm³/mol. The number of aliphatic hydroxyl groups is 1. The Bertz CT molecular complexity index is 700. The molecule has 0 radical (unpaired) electrons. The average molecular weight is 257 g/mol. The number of nitrogens with zero attached hydrogens (tertiary/aromatic N) is 5. The fourth-order valence-corrected chi connectivity index (χ4v) is 2.13. The first-order valence-corrected chi connectivity index (χ1v) is 6.18. The molecule has 19 heavy (non-hydrogen) atoms. The normalized spacial score (nSPS) is 11.3. The van der Waals surface area contributed by atoms with Crippen LogP contribution < -0.4 is 0 Å². The van der Waals surface area contributed by atoms with Crippen molar-refractivity contribution in [3.05, 3.63) is 42.0 Å². The largest absolute Gasteiger partial charge is 0.396 e. The van der Waals surface area contributed by atoms with Gasteiger partial charge in [0.2, 0.25) is 0 Å². The van der Waals surface area contributed by atoms with Crippen molar-refractivity contribution in [1.29, 1.82) is 0 Å². The zero-order valence-corrected chi connectivity index (χ0v) is 10.7. The molecule has 0 atom stereocenters. The maximum atomic E-state index is 8.86. The quantitative estimate of drug-likeness (QED) is 0.748. The number of para-hydroxylation sites is 2. The van der Waals surface area contributed by atoms with Crippen molar-refractivity contribution in [3.63, 3.8) is 0 Å². The van der Waals surface area contributed by atoms with E-state index in [0.29, 0.717) is 13.0 Å². The summed E-state index contributed by atoms with van der Waals surface area (Å²) in [4.78, 5) is 4.59. The second-order valence-electron chi connectivity index (χ2n) is 4.46. The molecule has 0 aliphatic carbocycles. The Morgan fingerprint density at radius 1 is 1.26 bits per heavy atom. The first kappa shape index (κ1) is 11.9. The SMILES string of the molecule is Cn1c(Cn2cc(CCO)nn2)nc2ccccc21. The number of hydrogen-bond donors (Lipinski definition) is 1. The van der Waals surface area contributed by atoms with Crippen LogP contribution in [0.3, 0.4) is 0 Å². The summed E-state index contributed by atoms with van der Waals surface area (Å²) in [5, 5.41) is 16.9. The summed E-state index contributed by atoms with van der Waals surface area (Å²) in [6.45, 7) is 0.661. The van der Waals surface area contributed by atoms with Crippen LogP contribution >= 0.6 is 0 Å². The molecular weight excluding hydrogens is 242 g/mol. The van der Waals surface area contributed by atoms with Crippen molar-refractivity contribution >= 4 is 11.0 Å². The summed E-state index contributed by atoms with van der Waals surface area (Å²) in [6, 6.07) is 8.03. The van der Waals surface area contributed by atoms with Crippen LogP contribution in [-0.2, 0) is 20.0 Å². The highest BCUT2D eigenvalue weighted by Crippen LogP contribution is 2.14. The Morgan fingerprint density at radius 3 is 2.89 bits per heavy atom. The van der Waals surface area contributed by atoms with Gasteiger partial charge in [-0.25, -0.2) is 9.67 Å². The van der Waals surface area contributed by atoms with E-state index < -0.39 is 0 Å². The lowest BCUT2D eigenvalue weighted by Gasteiger charge is -2.01. The van der Waals surface area contributed by atoms with Gasteiger partial charge in [0.1, 0.15) is 12.4 Å². The molecule has 2 aromatic heterocycles. The van der Waals surface area contributed by atoms with Crippen LogP contribution in [0.25, 0.3) is 11.0 Å². The summed E-state index contributed by atoms with van der Waals surface area (Å²) in [5.41, 5.74) is 2.88. The van der Waals surface area contributed by atoms with Crippen LogP contribution in [-0.4, -0.2) is 36.3 Å². The van der Waals surface area contributed by atoms with E-state index in [-0.39, 0.29) is 6.61 Å². The highest BCUT2D eigenvalue weighted by molar-refractivity contribution is 5.75. The molecule has 0 aliphatic heterocycles. The fraction of sp³-hybridized carbons (Fsp3) is 0.308. The van der Waals surface area contributed by atoms with Gasteiger partial charge in [0, 0.05) is 26.3 Å². The molecule has 0 fully saturated rings. The highest BCUT2D eigenvalue weighted by atomic mass is 16.3. The topological polar surface area (TPSA) is 68.8 Å². The van der Waals surface area contributed by atoms with Crippen molar-refractivity contribution in [1.82, 2.24) is 24.5 Å². The van der Waals surface area contributed by atoms with Gasteiger partial charge in [-0.2, -0.15) is 0 Å². The Kier molecular flexibility index (Phi) is 3.00. The molecule has 98 valence electrons. The molecule has 3 rings (SSSR count). The third-order valence-corrected chi connectivity index (χ3v) is 3.14. The summed E-state index contributed by atoms with van der Waals surface area (Å²) in [5.74, 6) is 0.932. The van der Waals surface area contributed by atoms with E-state index in [4.69, 9.17) is 5.11 Å². The van der Waals surface area contributed by atoms with Gasteiger partial charge in [-0.3, -0.25) is 0 Å². The van der Waals surface area contributed by atoms with Crippen LogP contribution in [0.15, 0.2) is 30.5 Å². The lowest BCUT2D eigenvalue weighted by molar-refractivity contribution is 0.298. The lowest BCUT2D eigenvalue weighted by Crippen LogP contribution is -2.06. The van der Waals surface area contributed by atoms with E-state index in [1.54, 1.807) is 4.68 Å². The number of rotatable bonds is 4. The Labute approximate surface area is 110 Å². The molecule has 0 spiro atoms. The molecule has 6 heteroatoms. The maximum Gasteiger partial charge on any atom is 0.131 e. The van der Waals surface area contributed by atoms with Crippen LogP contribution in [0.4, 0.5) is 0 Å². The Hall–Kier alpha value is -2.21. The minimum absolute atomic E-state index is 0.0883. The molecular formula is C13H15N5O. The highest BCUT2D eigenvalue weighted by Gasteiger charge is 2.08. The van der Waals surface area contributed by atoms with E-state index in [1.807, 2.05) is 37.5 Å². The lowest BCUT2D eigenvalue weighted by atomic mass is 10.3. The third kappa shape index (κ3) is 2.22. The van der Waals surface area contributed by atoms with Crippen molar-refractivity contribution in [2.75, 3.05) is 6.61 Å². The van der Waals surface area contributed by atoms with Gasteiger partial charge in [-0.1, -0.05) is 17.3 Å². The van der Waals surface area contributed by atoms with Crippen LogP contribution in [0.2, 0.25) is 0 Å². The number of imidazole rings is 1. The van der Waals surface area contributed by atoms with E-state index in [9.17, 15) is 0 Å². The van der Waals surface area contributed by atoms with Gasteiger partial charge in [-0.05, 0) is 12.1 Å². The zero-order chi connectivity index (χ0) is 13.2. The van der Waals surface area contributed by atoms with Crippen molar-refractivity contribution in [2.24, 2.45) is 7.05 Å². The molecule has 6 nitrogen and oxygen atoms in total. The van der Waals surface area contributed by atoms with Crippen LogP contribution in [0, 0.1) is 0 Å². The Morgan fingerprint density at radius 2 is 2.11 bits per heavy atom. The van der Waals surface area contributed by atoms with Crippen LogP contribution in [0.5, 0.6) is 0 Å². The molecule has 1 aromatic carbocycles. The summed E-state index contributed by atoms with van der Waals surface area (Å²) in [6.07, 6.45) is 2.37. The molecule has 0 bridgehead atoms. The summed E-state index contributed by atoms with van der Waals surface area (Å²) < 4.78 is 3.80. The molecule has 1 N–H and O–H groups in total. The minimum Gasteiger partial charge on any atom is -0.396 e. The van der Waals surface area contributed by atoms with Gasteiger partial charge >= 0.3 is 0 Å². The standard InChI is InChI=1S/C13H15N5O/c1-17-12-5-3-2-4-11(12)14-13(17)9-18-8-10(6-7-19)15-16-18/h2-5,8,19H,6-7,9H2,1H3. The van der Waals surface area contributed by atoms with E-state index in [2.05, 4.69) is 19.9 Å². The predicted octanol–water partition coefficient (Wildman–Crippen LogP) is 0.748. The number of aliphatic hydroxyl groups excluding tert-OH is 1. The first-order valence-electron chi connectivity index (χ1n) is 6.18. The van der Waals surface area contributed by atoms with Gasteiger partial charge in [0.05, 0.1) is 16.7 Å². The molecule has 0 unspecified atom stereocenters. The van der Waals surface area contributed by atoms with E-state index in [0.717, 1.165) is 22.6 Å². The molecule has 2 heterocycles. The second kappa shape index (κ2) is 4.81. The molecule has 0 saturated heterocycles. The molecule has 3 aromatic rings. The van der Waals surface area contributed by atoms with Gasteiger partial charge in [0.15, 0.2) is 0 Å². The van der Waals surface area contributed by atoms with E-state index >= 15 is 0 Å². The summed E-state index contributed by atoms with van der Waals surface area (Å²) in [7, 11) is 2.00. The fourth-order valence-electron chi connectivity index (χ4n) is 2.13. The first-order chi connectivity index (χ1) is 9.28. The Balaban J connectivity index is 1.89. The number of aryl methyl sites for hydroxylation is 1. The molecule has 0 aliphatic rings. The number of hydrogen-bond acceptors (Lipinski definition) is 4. The monoisotopic (exact) mass is 257 g/mol. The smallest absolute Gasteiger partial charge is 0.131 e. The van der Waals surface area contributed by atoms with Gasteiger partial charge < -0.3 is 9.67 Å². The number of fused-ring (bicyclic) bond motifs is 1. The number of benzene rings is 1.